The number of hydrogen-bond donors (Lipinski definition) is 3. The number of nitrogens with one attached hydrogen (secondary N) is 3. The number of likely N-dealkylation sites (tertiary alicyclic amines) is 1. The second kappa shape index (κ2) is 7.59. The van der Waals surface area contributed by atoms with Crippen LogP contribution >= 0.6 is 0 Å². The predicted octanol–water partition coefficient (Wildman–Crippen LogP) is 1.51. The molecule has 1 aromatic rings. The standard InChI is InChI=1S/C18H27N3O2/c1-12-7-13(2)10-21(9-12)11-17(22)20-18(23)19-16-6-5-14(3)15(4)8-16/h5-6,8,12-13H,7,9-11H2,1-4H3,(H2,19,20,22,23)/p+1/t12-,13-/m1/s1. The van der Waals surface area contributed by atoms with Crippen LogP contribution in [0, 0.1) is 25.7 Å². The first-order valence-electron chi connectivity index (χ1n) is 8.35. The van der Waals surface area contributed by atoms with Crippen molar-refractivity contribution in [2.24, 2.45) is 11.8 Å². The SMILES string of the molecule is Cc1ccc(NC(=O)NC(=O)C[NH+]2C[C@H](C)C[C@@H](C)C2)cc1C. The number of rotatable bonds is 3. The maximum Gasteiger partial charge on any atom is 0.326 e. The molecule has 0 unspecified atom stereocenters. The number of aryl methyl sites for hydroxylation is 2. The Hall–Kier alpha value is -1.88. The van der Waals surface area contributed by atoms with E-state index < -0.39 is 6.03 Å². The van der Waals surface area contributed by atoms with E-state index in [0.717, 1.165) is 18.7 Å². The molecule has 23 heavy (non-hydrogen) atoms. The number of amides is 3. The molecule has 2 atom stereocenters. The summed E-state index contributed by atoms with van der Waals surface area (Å²) in [6.07, 6.45) is 1.22. The van der Waals surface area contributed by atoms with Crippen molar-refractivity contribution in [3.63, 3.8) is 0 Å². The third kappa shape index (κ3) is 5.36. The fourth-order valence-electron chi connectivity index (χ4n) is 3.45. The summed E-state index contributed by atoms with van der Waals surface area (Å²) in [4.78, 5) is 25.2. The first kappa shape index (κ1) is 17.5. The van der Waals surface area contributed by atoms with Crippen molar-refractivity contribution in [1.82, 2.24) is 5.32 Å². The first-order chi connectivity index (χ1) is 10.8. The molecule has 3 amide bonds. The minimum absolute atomic E-state index is 0.220. The Morgan fingerprint density at radius 2 is 1.78 bits per heavy atom. The minimum Gasteiger partial charge on any atom is -0.327 e. The molecule has 126 valence electrons. The van der Waals surface area contributed by atoms with Crippen LogP contribution in [-0.4, -0.2) is 31.6 Å². The molecular weight excluding hydrogens is 290 g/mol. The molecule has 1 fully saturated rings. The van der Waals surface area contributed by atoms with Crippen LogP contribution in [-0.2, 0) is 4.79 Å². The minimum atomic E-state index is -0.462. The predicted molar refractivity (Wildman–Crippen MR) is 91.6 cm³/mol. The third-order valence-corrected chi connectivity index (χ3v) is 4.51. The molecule has 0 radical (unpaired) electrons. The number of urea groups is 1. The van der Waals surface area contributed by atoms with Gasteiger partial charge in [0.2, 0.25) is 0 Å². The number of imide groups is 1. The molecule has 0 aromatic heterocycles. The zero-order valence-electron chi connectivity index (χ0n) is 14.5. The fraction of sp³-hybridized carbons (Fsp3) is 0.556. The highest BCUT2D eigenvalue weighted by molar-refractivity contribution is 6.01. The van der Waals surface area contributed by atoms with E-state index in [1.807, 2.05) is 32.0 Å². The molecule has 1 heterocycles. The monoisotopic (exact) mass is 318 g/mol. The van der Waals surface area contributed by atoms with E-state index in [4.69, 9.17) is 0 Å². The summed E-state index contributed by atoms with van der Waals surface area (Å²) in [5.41, 5.74) is 2.98. The van der Waals surface area contributed by atoms with Crippen molar-refractivity contribution in [2.45, 2.75) is 34.1 Å². The van der Waals surface area contributed by atoms with E-state index in [0.29, 0.717) is 24.1 Å². The summed E-state index contributed by atoms with van der Waals surface area (Å²) in [6, 6.07) is 5.23. The largest absolute Gasteiger partial charge is 0.327 e. The van der Waals surface area contributed by atoms with E-state index >= 15 is 0 Å². The fourth-order valence-corrected chi connectivity index (χ4v) is 3.45. The van der Waals surface area contributed by atoms with Crippen LogP contribution in [0.1, 0.15) is 31.4 Å². The van der Waals surface area contributed by atoms with Gasteiger partial charge in [0.15, 0.2) is 6.54 Å². The molecule has 5 nitrogen and oxygen atoms in total. The lowest BCUT2D eigenvalue weighted by Gasteiger charge is -2.31. The summed E-state index contributed by atoms with van der Waals surface area (Å²) in [6.45, 7) is 10.8. The van der Waals surface area contributed by atoms with Gasteiger partial charge in [-0.15, -0.1) is 0 Å². The van der Waals surface area contributed by atoms with Crippen LogP contribution < -0.4 is 15.5 Å². The molecule has 1 aliphatic rings. The molecule has 1 aliphatic heterocycles. The van der Waals surface area contributed by atoms with Gasteiger partial charge in [0, 0.05) is 17.5 Å². The topological polar surface area (TPSA) is 62.6 Å². The second-order valence-electron chi connectivity index (χ2n) is 7.08. The zero-order valence-corrected chi connectivity index (χ0v) is 14.5. The van der Waals surface area contributed by atoms with E-state index in [2.05, 4.69) is 24.5 Å². The highest BCUT2D eigenvalue weighted by Gasteiger charge is 2.27. The van der Waals surface area contributed by atoms with Gasteiger partial charge in [-0.05, 0) is 43.5 Å². The molecule has 2 rings (SSSR count). The van der Waals surface area contributed by atoms with E-state index in [1.54, 1.807) is 0 Å². The van der Waals surface area contributed by atoms with Crippen LogP contribution in [0.2, 0.25) is 0 Å². The second-order valence-corrected chi connectivity index (χ2v) is 7.08. The molecule has 3 N–H and O–H groups in total. The lowest BCUT2D eigenvalue weighted by molar-refractivity contribution is -0.904. The molecule has 0 saturated carbocycles. The highest BCUT2D eigenvalue weighted by atomic mass is 16.2. The van der Waals surface area contributed by atoms with E-state index in [9.17, 15) is 9.59 Å². The van der Waals surface area contributed by atoms with Gasteiger partial charge >= 0.3 is 6.03 Å². The van der Waals surface area contributed by atoms with Gasteiger partial charge in [0.05, 0.1) is 13.1 Å². The van der Waals surface area contributed by atoms with Gasteiger partial charge in [-0.3, -0.25) is 10.1 Å². The molecule has 5 heteroatoms. The van der Waals surface area contributed by atoms with Crippen molar-refractivity contribution in [2.75, 3.05) is 25.0 Å². The van der Waals surface area contributed by atoms with Gasteiger partial charge < -0.3 is 10.2 Å². The summed E-state index contributed by atoms with van der Waals surface area (Å²) >= 11 is 0. The number of carbonyl (C=O) groups excluding carboxylic acids is 2. The molecule has 0 aliphatic carbocycles. The van der Waals surface area contributed by atoms with Crippen molar-refractivity contribution in [3.8, 4) is 0 Å². The van der Waals surface area contributed by atoms with Crippen LogP contribution in [0.5, 0.6) is 0 Å². The highest BCUT2D eigenvalue weighted by Crippen LogP contribution is 2.14. The Labute approximate surface area is 138 Å². The maximum absolute atomic E-state index is 12.1. The van der Waals surface area contributed by atoms with Crippen molar-refractivity contribution >= 4 is 17.6 Å². The normalized spacial score (nSPS) is 24.1. The van der Waals surface area contributed by atoms with Crippen LogP contribution in [0.25, 0.3) is 0 Å². The number of piperidine rings is 1. The molecule has 1 saturated heterocycles. The maximum atomic E-state index is 12.1. The summed E-state index contributed by atoms with van der Waals surface area (Å²) in [5.74, 6) is 1.04. The first-order valence-corrected chi connectivity index (χ1v) is 8.35. The number of anilines is 1. The lowest BCUT2D eigenvalue weighted by Crippen LogP contribution is -3.15. The Bertz CT molecular complexity index is 576. The third-order valence-electron chi connectivity index (χ3n) is 4.51. The Morgan fingerprint density at radius 3 is 2.39 bits per heavy atom. The van der Waals surface area contributed by atoms with Crippen molar-refractivity contribution < 1.29 is 14.5 Å². The van der Waals surface area contributed by atoms with Crippen molar-refractivity contribution in [3.05, 3.63) is 29.3 Å². The van der Waals surface area contributed by atoms with Gasteiger partial charge in [-0.25, -0.2) is 4.79 Å². The zero-order chi connectivity index (χ0) is 17.0. The summed E-state index contributed by atoms with van der Waals surface area (Å²) in [5, 5.41) is 5.15. The summed E-state index contributed by atoms with van der Waals surface area (Å²) in [7, 11) is 0. The van der Waals surface area contributed by atoms with Gasteiger partial charge in [0.25, 0.3) is 5.91 Å². The summed E-state index contributed by atoms with van der Waals surface area (Å²) < 4.78 is 0. The Kier molecular flexibility index (Phi) is 5.77. The molecule has 0 bridgehead atoms. The number of hydrogen-bond acceptors (Lipinski definition) is 2. The smallest absolute Gasteiger partial charge is 0.326 e. The lowest BCUT2D eigenvalue weighted by atomic mass is 9.92. The number of quaternary nitrogens is 1. The average molecular weight is 318 g/mol. The van der Waals surface area contributed by atoms with Gasteiger partial charge in [-0.2, -0.15) is 0 Å². The van der Waals surface area contributed by atoms with E-state index in [1.165, 1.54) is 16.9 Å². The van der Waals surface area contributed by atoms with E-state index in [-0.39, 0.29) is 5.91 Å². The molecular formula is C18H28N3O2+. The number of benzene rings is 1. The number of carbonyl (C=O) groups is 2. The molecule has 1 aromatic carbocycles. The van der Waals surface area contributed by atoms with Crippen LogP contribution in [0.3, 0.4) is 0 Å². The Morgan fingerprint density at radius 1 is 1.13 bits per heavy atom. The quantitative estimate of drug-likeness (QED) is 0.791. The van der Waals surface area contributed by atoms with Gasteiger partial charge in [0.1, 0.15) is 0 Å². The Balaban J connectivity index is 1.82. The van der Waals surface area contributed by atoms with Crippen LogP contribution in [0.15, 0.2) is 18.2 Å². The average Bonchev–Trinajstić information content (AvgIpc) is 2.41. The molecule has 0 spiro atoms. The van der Waals surface area contributed by atoms with Crippen LogP contribution in [0.4, 0.5) is 10.5 Å². The van der Waals surface area contributed by atoms with Gasteiger partial charge in [-0.1, -0.05) is 19.9 Å². The van der Waals surface area contributed by atoms with Crippen molar-refractivity contribution in [1.29, 1.82) is 0 Å².